The number of nitrogens with two attached hydrogens (primary N) is 1. The van der Waals surface area contributed by atoms with E-state index in [4.69, 9.17) is 15.2 Å². The highest BCUT2D eigenvalue weighted by Gasteiger charge is 2.31. The number of fused-ring (bicyclic) bond motifs is 1. The van der Waals surface area contributed by atoms with Gasteiger partial charge in [-0.05, 0) is 42.3 Å². The number of halogens is 1. The zero-order chi connectivity index (χ0) is 22.7. The summed E-state index contributed by atoms with van der Waals surface area (Å²) >= 11 is 0. The Morgan fingerprint density at radius 2 is 1.84 bits per heavy atom. The van der Waals surface area contributed by atoms with Crippen LogP contribution in [-0.2, 0) is 4.79 Å². The Morgan fingerprint density at radius 3 is 2.53 bits per heavy atom. The molecule has 0 radical (unpaired) electrons. The lowest BCUT2D eigenvalue weighted by atomic mass is 9.83. The van der Waals surface area contributed by atoms with Crippen molar-refractivity contribution in [3.8, 4) is 17.6 Å². The lowest BCUT2D eigenvalue weighted by Crippen LogP contribution is -2.21. The summed E-state index contributed by atoms with van der Waals surface area (Å²) in [6.45, 7) is 1.99. The molecule has 1 aliphatic rings. The molecule has 0 saturated carbocycles. The van der Waals surface area contributed by atoms with E-state index in [1.807, 2.05) is 31.2 Å². The van der Waals surface area contributed by atoms with Gasteiger partial charge in [0, 0.05) is 17.7 Å². The second kappa shape index (κ2) is 8.78. The molecule has 5 nitrogen and oxygen atoms in total. The molecule has 0 aliphatic carbocycles. The number of carbonyl (C=O) groups excluding carboxylic acids is 1. The molecule has 0 amide bonds. The van der Waals surface area contributed by atoms with Crippen LogP contribution in [0.2, 0.25) is 0 Å². The standard InChI is InChI=1S/C26H19FN2O3/c1-16-2-4-17(5-3-16)6-13-24(30)31-20-11-12-21-23(14-20)32-26(29)22(15-28)25(21)18-7-9-19(27)10-8-18/h2-14,25H,29H2,1H3/b13-6+. The van der Waals surface area contributed by atoms with E-state index in [1.54, 1.807) is 36.4 Å². The summed E-state index contributed by atoms with van der Waals surface area (Å²) in [5, 5.41) is 9.60. The number of allylic oxidation sites excluding steroid dienone is 1. The van der Waals surface area contributed by atoms with Crippen LogP contribution in [0.5, 0.6) is 11.5 Å². The summed E-state index contributed by atoms with van der Waals surface area (Å²) in [5.74, 6) is -0.847. The van der Waals surface area contributed by atoms with Gasteiger partial charge < -0.3 is 15.2 Å². The summed E-state index contributed by atoms with van der Waals surface area (Å²) in [4.78, 5) is 12.2. The molecular weight excluding hydrogens is 407 g/mol. The van der Waals surface area contributed by atoms with Crippen LogP contribution in [0, 0.1) is 24.1 Å². The van der Waals surface area contributed by atoms with Gasteiger partial charge in [-0.25, -0.2) is 9.18 Å². The Balaban J connectivity index is 1.59. The van der Waals surface area contributed by atoms with Crippen LogP contribution < -0.4 is 15.2 Å². The van der Waals surface area contributed by atoms with E-state index >= 15 is 0 Å². The van der Waals surface area contributed by atoms with Crippen molar-refractivity contribution in [3.63, 3.8) is 0 Å². The second-order valence-corrected chi connectivity index (χ2v) is 7.34. The van der Waals surface area contributed by atoms with Crippen molar-refractivity contribution >= 4 is 12.0 Å². The zero-order valence-corrected chi connectivity index (χ0v) is 17.2. The smallest absolute Gasteiger partial charge is 0.336 e. The van der Waals surface area contributed by atoms with Crippen molar-refractivity contribution in [2.45, 2.75) is 12.8 Å². The van der Waals surface area contributed by atoms with Crippen LogP contribution in [0.4, 0.5) is 4.39 Å². The first-order chi connectivity index (χ1) is 15.4. The van der Waals surface area contributed by atoms with Gasteiger partial charge in [0.1, 0.15) is 29.0 Å². The van der Waals surface area contributed by atoms with Gasteiger partial charge in [-0.15, -0.1) is 0 Å². The van der Waals surface area contributed by atoms with Gasteiger partial charge >= 0.3 is 5.97 Å². The van der Waals surface area contributed by atoms with E-state index < -0.39 is 11.9 Å². The number of carbonyl (C=O) groups is 1. The van der Waals surface area contributed by atoms with E-state index in [1.165, 1.54) is 18.2 Å². The first-order valence-corrected chi connectivity index (χ1v) is 9.88. The molecule has 32 heavy (non-hydrogen) atoms. The van der Waals surface area contributed by atoms with E-state index in [2.05, 4.69) is 6.07 Å². The maximum Gasteiger partial charge on any atom is 0.336 e. The van der Waals surface area contributed by atoms with Gasteiger partial charge in [0.25, 0.3) is 0 Å². The van der Waals surface area contributed by atoms with Gasteiger partial charge in [0.05, 0.1) is 5.92 Å². The molecule has 1 aliphatic heterocycles. The Labute approximate surface area is 184 Å². The minimum atomic E-state index is -0.544. The van der Waals surface area contributed by atoms with Gasteiger partial charge in [0.15, 0.2) is 0 Å². The number of hydrogen-bond donors (Lipinski definition) is 1. The van der Waals surface area contributed by atoms with Crippen molar-refractivity contribution < 1.29 is 18.7 Å². The van der Waals surface area contributed by atoms with Crippen molar-refractivity contribution in [3.05, 3.63) is 112 Å². The number of nitrogens with zero attached hydrogens (tertiary/aromatic N) is 1. The Hall–Kier alpha value is -4.37. The highest BCUT2D eigenvalue weighted by molar-refractivity contribution is 5.88. The fourth-order valence-electron chi connectivity index (χ4n) is 3.49. The number of aryl methyl sites for hydroxylation is 1. The highest BCUT2D eigenvalue weighted by atomic mass is 19.1. The Bertz CT molecular complexity index is 1270. The van der Waals surface area contributed by atoms with Crippen LogP contribution >= 0.6 is 0 Å². The molecule has 1 unspecified atom stereocenters. The molecule has 2 N–H and O–H groups in total. The molecule has 158 valence electrons. The van der Waals surface area contributed by atoms with Crippen LogP contribution in [0.1, 0.15) is 28.2 Å². The van der Waals surface area contributed by atoms with Crippen molar-refractivity contribution in [1.29, 1.82) is 5.26 Å². The molecule has 6 heteroatoms. The molecule has 4 rings (SSSR count). The highest BCUT2D eigenvalue weighted by Crippen LogP contribution is 2.43. The molecule has 0 aromatic heterocycles. The van der Waals surface area contributed by atoms with Crippen LogP contribution in [-0.4, -0.2) is 5.97 Å². The molecule has 1 atom stereocenters. The number of ether oxygens (including phenoxy) is 2. The average molecular weight is 426 g/mol. The largest absolute Gasteiger partial charge is 0.440 e. The summed E-state index contributed by atoms with van der Waals surface area (Å²) in [6.07, 6.45) is 3.01. The number of rotatable bonds is 4. The second-order valence-electron chi connectivity index (χ2n) is 7.34. The predicted molar refractivity (Wildman–Crippen MR) is 118 cm³/mol. The number of esters is 1. The minimum Gasteiger partial charge on any atom is -0.440 e. The van der Waals surface area contributed by atoms with E-state index in [0.717, 1.165) is 11.1 Å². The Kier molecular flexibility index (Phi) is 5.73. The third-order valence-corrected chi connectivity index (χ3v) is 5.10. The third-order valence-electron chi connectivity index (χ3n) is 5.10. The number of benzene rings is 3. The average Bonchev–Trinajstić information content (AvgIpc) is 2.78. The number of hydrogen-bond acceptors (Lipinski definition) is 5. The molecule has 3 aromatic rings. The summed E-state index contributed by atoms with van der Waals surface area (Å²) in [7, 11) is 0. The maximum absolute atomic E-state index is 13.4. The predicted octanol–water partition coefficient (Wildman–Crippen LogP) is 4.97. The summed E-state index contributed by atoms with van der Waals surface area (Å²) in [5.41, 5.74) is 9.58. The van der Waals surface area contributed by atoms with Crippen LogP contribution in [0.15, 0.2) is 84.3 Å². The number of nitriles is 1. The topological polar surface area (TPSA) is 85.3 Å². The molecule has 0 fully saturated rings. The van der Waals surface area contributed by atoms with Crippen LogP contribution in [0.3, 0.4) is 0 Å². The normalized spacial score (nSPS) is 15.1. The van der Waals surface area contributed by atoms with Gasteiger partial charge in [-0.2, -0.15) is 5.26 Å². The quantitative estimate of drug-likeness (QED) is 0.362. The first-order valence-electron chi connectivity index (χ1n) is 9.88. The molecule has 1 heterocycles. The lowest BCUT2D eigenvalue weighted by molar-refractivity contribution is -0.128. The fraction of sp³-hybridized carbons (Fsp3) is 0.0769. The minimum absolute atomic E-state index is 0.0444. The molecule has 3 aromatic carbocycles. The van der Waals surface area contributed by atoms with Gasteiger partial charge in [-0.1, -0.05) is 48.0 Å². The van der Waals surface area contributed by atoms with Crippen molar-refractivity contribution in [2.24, 2.45) is 5.73 Å². The first kappa shape index (κ1) is 20.9. The lowest BCUT2D eigenvalue weighted by Gasteiger charge is -2.26. The monoisotopic (exact) mass is 426 g/mol. The van der Waals surface area contributed by atoms with Crippen LogP contribution in [0.25, 0.3) is 6.08 Å². The summed E-state index contributed by atoms with van der Waals surface area (Å²) < 4.78 is 24.4. The summed E-state index contributed by atoms with van der Waals surface area (Å²) in [6, 6.07) is 20.5. The SMILES string of the molecule is Cc1ccc(/C=C/C(=O)Oc2ccc3c(c2)OC(N)=C(C#N)C3c2ccc(F)cc2)cc1. The molecule has 0 saturated heterocycles. The molecule has 0 spiro atoms. The van der Waals surface area contributed by atoms with Crippen molar-refractivity contribution in [2.75, 3.05) is 0 Å². The van der Waals surface area contributed by atoms with E-state index in [-0.39, 0.29) is 23.0 Å². The maximum atomic E-state index is 13.4. The van der Waals surface area contributed by atoms with E-state index in [9.17, 15) is 14.4 Å². The molecule has 0 bridgehead atoms. The van der Waals surface area contributed by atoms with Gasteiger partial charge in [0.2, 0.25) is 5.88 Å². The fourth-order valence-corrected chi connectivity index (χ4v) is 3.49. The third kappa shape index (κ3) is 4.37. The Morgan fingerprint density at radius 1 is 1.12 bits per heavy atom. The zero-order valence-electron chi connectivity index (χ0n) is 17.2. The van der Waals surface area contributed by atoms with Gasteiger partial charge in [-0.3, -0.25) is 0 Å². The van der Waals surface area contributed by atoms with Crippen molar-refractivity contribution in [1.82, 2.24) is 0 Å². The van der Waals surface area contributed by atoms with E-state index in [0.29, 0.717) is 16.9 Å². The molecular formula is C26H19FN2O3.